The number of hydrogen-bond donors (Lipinski definition) is 3. The van der Waals surface area contributed by atoms with Crippen LogP contribution in [-0.4, -0.2) is 41.9 Å². The van der Waals surface area contributed by atoms with E-state index in [1.807, 2.05) is 55.4 Å². The summed E-state index contributed by atoms with van der Waals surface area (Å²) in [6.45, 7) is 0. The van der Waals surface area contributed by atoms with Crippen LogP contribution in [0.3, 0.4) is 0 Å². The van der Waals surface area contributed by atoms with Crippen molar-refractivity contribution < 1.29 is 9.59 Å². The summed E-state index contributed by atoms with van der Waals surface area (Å²) in [7, 11) is 3.82. The van der Waals surface area contributed by atoms with Gasteiger partial charge in [0.15, 0.2) is 0 Å². The van der Waals surface area contributed by atoms with Gasteiger partial charge in [-0.25, -0.2) is 4.98 Å². The van der Waals surface area contributed by atoms with Crippen molar-refractivity contribution in [3.63, 3.8) is 0 Å². The summed E-state index contributed by atoms with van der Waals surface area (Å²) in [6, 6.07) is 14.0. The van der Waals surface area contributed by atoms with Gasteiger partial charge in [0.05, 0.1) is 11.9 Å². The van der Waals surface area contributed by atoms with E-state index in [0.29, 0.717) is 23.6 Å². The molecule has 4 rings (SSSR count). The molecule has 1 aromatic carbocycles. The molecule has 2 amide bonds. The molecule has 1 unspecified atom stereocenters. The SMILES string of the molecule is CN(C)c1ccc(NC(=O)C(CCC2CC2)NC(=O)c2ccc(Nc3ccncc3)cc2)cn1. The number of benzene rings is 1. The molecule has 8 heteroatoms. The van der Waals surface area contributed by atoms with Crippen molar-refractivity contribution in [2.24, 2.45) is 5.92 Å². The summed E-state index contributed by atoms with van der Waals surface area (Å²) in [4.78, 5) is 36.2. The first-order chi connectivity index (χ1) is 16.5. The van der Waals surface area contributed by atoms with Gasteiger partial charge >= 0.3 is 0 Å². The van der Waals surface area contributed by atoms with Gasteiger partial charge < -0.3 is 20.9 Å². The third-order valence-corrected chi connectivity index (χ3v) is 5.77. The minimum absolute atomic E-state index is 0.232. The fourth-order valence-electron chi connectivity index (χ4n) is 3.58. The predicted molar refractivity (Wildman–Crippen MR) is 134 cm³/mol. The molecule has 0 spiro atoms. The highest BCUT2D eigenvalue weighted by Crippen LogP contribution is 2.34. The second-order valence-corrected chi connectivity index (χ2v) is 8.77. The van der Waals surface area contributed by atoms with Gasteiger partial charge in [-0.2, -0.15) is 0 Å². The lowest BCUT2D eigenvalue weighted by atomic mass is 10.1. The zero-order valence-corrected chi connectivity index (χ0v) is 19.5. The van der Waals surface area contributed by atoms with E-state index in [-0.39, 0.29) is 11.8 Å². The highest BCUT2D eigenvalue weighted by Gasteiger charge is 2.27. The quantitative estimate of drug-likeness (QED) is 0.421. The highest BCUT2D eigenvalue weighted by atomic mass is 16.2. The molecule has 1 saturated carbocycles. The van der Waals surface area contributed by atoms with E-state index in [9.17, 15) is 9.59 Å². The smallest absolute Gasteiger partial charge is 0.251 e. The number of carbonyl (C=O) groups excluding carboxylic acids is 2. The number of nitrogens with one attached hydrogen (secondary N) is 3. The molecule has 3 aromatic rings. The average molecular weight is 459 g/mol. The highest BCUT2D eigenvalue weighted by molar-refractivity contribution is 6.01. The Morgan fingerprint density at radius 3 is 2.26 bits per heavy atom. The number of amides is 2. The summed E-state index contributed by atoms with van der Waals surface area (Å²) < 4.78 is 0. The number of rotatable bonds is 10. The standard InChI is InChI=1S/C26H30N6O2/c1-32(2)24-12-10-22(17-28-24)30-26(34)23(11-5-18-3-4-18)31-25(33)19-6-8-20(9-7-19)29-21-13-15-27-16-14-21/h6-10,12-18,23H,3-5,11H2,1-2H3,(H,27,29)(H,30,34)(H,31,33). The van der Waals surface area contributed by atoms with E-state index in [1.54, 1.807) is 30.7 Å². The van der Waals surface area contributed by atoms with Gasteiger partial charge in [-0.3, -0.25) is 14.6 Å². The van der Waals surface area contributed by atoms with Crippen molar-refractivity contribution in [2.45, 2.75) is 31.7 Å². The molecule has 1 aliphatic carbocycles. The minimum Gasteiger partial charge on any atom is -0.363 e. The lowest BCUT2D eigenvalue weighted by molar-refractivity contribution is -0.118. The molecule has 1 atom stereocenters. The number of hydrogen-bond acceptors (Lipinski definition) is 6. The Morgan fingerprint density at radius 1 is 0.971 bits per heavy atom. The summed E-state index contributed by atoms with van der Waals surface area (Å²) >= 11 is 0. The molecule has 0 radical (unpaired) electrons. The number of pyridine rings is 2. The summed E-state index contributed by atoms with van der Waals surface area (Å²) in [5.74, 6) is 0.960. The van der Waals surface area contributed by atoms with Gasteiger partial charge in [0.2, 0.25) is 5.91 Å². The van der Waals surface area contributed by atoms with Crippen LogP contribution in [-0.2, 0) is 4.79 Å². The van der Waals surface area contributed by atoms with Crippen molar-refractivity contribution in [1.29, 1.82) is 0 Å². The Labute approximate surface area is 199 Å². The molecule has 34 heavy (non-hydrogen) atoms. The molecule has 0 aliphatic heterocycles. The van der Waals surface area contributed by atoms with Gasteiger partial charge in [0.1, 0.15) is 11.9 Å². The summed E-state index contributed by atoms with van der Waals surface area (Å²) in [6.07, 6.45) is 8.97. The first-order valence-corrected chi connectivity index (χ1v) is 11.5. The van der Waals surface area contributed by atoms with Crippen molar-refractivity contribution in [3.05, 3.63) is 72.7 Å². The van der Waals surface area contributed by atoms with Crippen molar-refractivity contribution in [3.8, 4) is 0 Å². The van der Waals surface area contributed by atoms with E-state index >= 15 is 0 Å². The summed E-state index contributed by atoms with van der Waals surface area (Å²) in [5.41, 5.74) is 2.88. The molecule has 176 valence electrons. The molecule has 1 fully saturated rings. The third-order valence-electron chi connectivity index (χ3n) is 5.77. The number of anilines is 4. The number of aromatic nitrogens is 2. The maximum absolute atomic E-state index is 13.0. The lowest BCUT2D eigenvalue weighted by Gasteiger charge is -2.19. The maximum atomic E-state index is 13.0. The number of carbonyl (C=O) groups is 2. The first-order valence-electron chi connectivity index (χ1n) is 11.5. The first kappa shape index (κ1) is 23.2. The van der Waals surface area contributed by atoms with Crippen LogP contribution >= 0.6 is 0 Å². The molecule has 1 aliphatic rings. The fourth-order valence-corrected chi connectivity index (χ4v) is 3.58. The molecule has 8 nitrogen and oxygen atoms in total. The molecule has 0 saturated heterocycles. The van der Waals surface area contributed by atoms with Crippen molar-refractivity contribution in [2.75, 3.05) is 29.6 Å². The minimum atomic E-state index is -0.615. The average Bonchev–Trinajstić information content (AvgIpc) is 3.67. The van der Waals surface area contributed by atoms with Crippen LogP contribution in [0.2, 0.25) is 0 Å². The molecular weight excluding hydrogens is 428 g/mol. The topological polar surface area (TPSA) is 99.2 Å². The molecule has 0 bridgehead atoms. The summed E-state index contributed by atoms with van der Waals surface area (Å²) in [5, 5.41) is 9.08. The van der Waals surface area contributed by atoms with Gasteiger partial charge in [-0.1, -0.05) is 12.8 Å². The van der Waals surface area contributed by atoms with Crippen LogP contribution < -0.4 is 20.9 Å². The Kier molecular flexibility index (Phi) is 7.37. The Bertz CT molecular complexity index is 1100. The zero-order valence-electron chi connectivity index (χ0n) is 19.5. The Hall–Kier alpha value is -3.94. The predicted octanol–water partition coefficient (Wildman–Crippen LogP) is 4.21. The van der Waals surface area contributed by atoms with Crippen molar-refractivity contribution >= 4 is 34.7 Å². The molecule has 2 heterocycles. The van der Waals surface area contributed by atoms with Crippen LogP contribution in [0.15, 0.2) is 67.1 Å². The Balaban J connectivity index is 1.39. The number of nitrogens with zero attached hydrogens (tertiary/aromatic N) is 3. The molecule has 3 N–H and O–H groups in total. The van der Waals surface area contributed by atoms with Gasteiger partial charge in [0.25, 0.3) is 5.91 Å². The van der Waals surface area contributed by atoms with E-state index in [4.69, 9.17) is 0 Å². The zero-order chi connectivity index (χ0) is 23.9. The molecular formula is C26H30N6O2. The third kappa shape index (κ3) is 6.54. The maximum Gasteiger partial charge on any atom is 0.251 e. The van der Waals surface area contributed by atoms with E-state index < -0.39 is 6.04 Å². The van der Waals surface area contributed by atoms with Crippen molar-refractivity contribution in [1.82, 2.24) is 15.3 Å². The monoisotopic (exact) mass is 458 g/mol. The van der Waals surface area contributed by atoms with Gasteiger partial charge in [-0.05, 0) is 67.3 Å². The lowest BCUT2D eigenvalue weighted by Crippen LogP contribution is -2.43. The van der Waals surface area contributed by atoms with E-state index in [0.717, 1.165) is 23.6 Å². The Morgan fingerprint density at radius 2 is 1.65 bits per heavy atom. The van der Waals surface area contributed by atoms with Gasteiger partial charge in [0, 0.05) is 43.4 Å². The largest absolute Gasteiger partial charge is 0.363 e. The van der Waals surface area contributed by atoms with Crippen LogP contribution in [0.1, 0.15) is 36.0 Å². The molecule has 2 aromatic heterocycles. The van der Waals surface area contributed by atoms with E-state index in [1.165, 1.54) is 12.8 Å². The van der Waals surface area contributed by atoms with Crippen LogP contribution in [0.4, 0.5) is 22.9 Å². The fraction of sp³-hybridized carbons (Fsp3) is 0.308. The van der Waals surface area contributed by atoms with Gasteiger partial charge in [-0.15, -0.1) is 0 Å². The second kappa shape index (κ2) is 10.8. The van der Waals surface area contributed by atoms with Crippen LogP contribution in [0.5, 0.6) is 0 Å². The van der Waals surface area contributed by atoms with E-state index in [2.05, 4.69) is 25.9 Å². The van der Waals surface area contributed by atoms with Crippen LogP contribution in [0, 0.1) is 5.92 Å². The van der Waals surface area contributed by atoms with Crippen LogP contribution in [0.25, 0.3) is 0 Å². The second-order valence-electron chi connectivity index (χ2n) is 8.77. The normalized spacial score (nSPS) is 13.6.